The highest BCUT2D eigenvalue weighted by Crippen LogP contribution is 2.54. The van der Waals surface area contributed by atoms with Crippen LogP contribution >= 0.6 is 39.0 Å². The van der Waals surface area contributed by atoms with Crippen molar-refractivity contribution in [3.8, 4) is 0 Å². The van der Waals surface area contributed by atoms with Gasteiger partial charge in [0, 0.05) is 21.0 Å². The Morgan fingerprint density at radius 2 is 1.67 bits per heavy atom. The number of imide groups is 1. The second kappa shape index (κ2) is 11.8. The van der Waals surface area contributed by atoms with Crippen LogP contribution in [0.3, 0.4) is 0 Å². The fraction of sp³-hybridized carbons (Fsp3) is 0.172. The Bertz CT molecular complexity index is 2080. The van der Waals surface area contributed by atoms with Crippen molar-refractivity contribution in [1.82, 2.24) is 4.57 Å². The third-order valence-corrected chi connectivity index (χ3v) is 11.5. The number of alkyl halides is 3. The van der Waals surface area contributed by atoms with E-state index in [0.717, 1.165) is 39.8 Å². The van der Waals surface area contributed by atoms with Crippen LogP contribution in [0.2, 0.25) is 0 Å². The van der Waals surface area contributed by atoms with Crippen LogP contribution < -0.4 is 20.2 Å². The smallest absolute Gasteiger partial charge is 0.325 e. The summed E-state index contributed by atoms with van der Waals surface area (Å²) < 4.78 is 66.7. The molecule has 2 aliphatic rings. The average Bonchev–Trinajstić information content (AvgIpc) is 3.42. The first-order chi connectivity index (χ1) is 21.6. The number of thiazole rings is 1. The molecule has 1 saturated heterocycles. The van der Waals surface area contributed by atoms with Gasteiger partial charge in [0.2, 0.25) is 27.7 Å². The summed E-state index contributed by atoms with van der Waals surface area (Å²) in [6, 6.07) is 16.2. The van der Waals surface area contributed by atoms with E-state index in [1.807, 2.05) is 0 Å². The fourth-order valence-corrected chi connectivity index (χ4v) is 9.24. The zero-order valence-corrected chi connectivity index (χ0v) is 27.1. The second-order valence-corrected chi connectivity index (χ2v) is 15.0. The second-order valence-electron chi connectivity index (χ2n) is 10.4. The van der Waals surface area contributed by atoms with E-state index in [9.17, 15) is 40.8 Å². The summed E-state index contributed by atoms with van der Waals surface area (Å²) in [6.45, 7) is -0.500. The van der Waals surface area contributed by atoms with E-state index < -0.39 is 73.7 Å². The summed E-state index contributed by atoms with van der Waals surface area (Å²) in [5.74, 6) is -4.37. The molecule has 3 heterocycles. The zero-order chi connectivity index (χ0) is 33.1. The number of nitrogens with zero attached hydrogens (tertiary/aromatic N) is 2. The molecule has 0 saturated carbocycles. The van der Waals surface area contributed by atoms with Gasteiger partial charge in [0.1, 0.15) is 11.8 Å². The molecule has 0 bridgehead atoms. The number of amides is 3. The minimum absolute atomic E-state index is 0.166. The molecule has 17 heteroatoms. The number of fused-ring (bicyclic) bond motifs is 2. The standard InChI is InChI=1S/C29H20BrF3N4O6S3/c30-15-5-3-4-14(12-15)21-22-23(26(40)37(25(22)39)19-7-2-1-6-18(19)29(31,32)33)44-27-24(21)45-28(41)36(27)13-20(38)35-16-8-10-17(11-9-16)46(34,42)43/h1-12,21-23H,13H2,(H,35,38)(H2,34,42,43)/t21-,22?,23?/m1/s1. The Labute approximate surface area is 275 Å². The van der Waals surface area contributed by atoms with Gasteiger partial charge in [0.15, 0.2) is 0 Å². The first-order valence-corrected chi connectivity index (χ1v) is 17.3. The largest absolute Gasteiger partial charge is 0.418 e. The molecular weight excluding hydrogens is 733 g/mol. The normalized spacial score (nSPS) is 19.6. The van der Waals surface area contributed by atoms with E-state index in [4.69, 9.17) is 5.14 Å². The summed E-state index contributed by atoms with van der Waals surface area (Å²) in [4.78, 5) is 54.5. The van der Waals surface area contributed by atoms with Crippen LogP contribution in [0, 0.1) is 5.92 Å². The van der Waals surface area contributed by atoms with Crippen molar-refractivity contribution >= 4 is 78.1 Å². The quantitative estimate of drug-likeness (QED) is 0.270. The number of nitrogens with one attached hydrogen (secondary N) is 1. The zero-order valence-electron chi connectivity index (χ0n) is 23.0. The number of halogens is 4. The van der Waals surface area contributed by atoms with Gasteiger partial charge in [-0.05, 0) is 54.1 Å². The van der Waals surface area contributed by atoms with E-state index in [2.05, 4.69) is 21.2 Å². The van der Waals surface area contributed by atoms with Crippen molar-refractivity contribution in [2.24, 2.45) is 11.1 Å². The molecule has 6 rings (SSSR count). The molecule has 10 nitrogen and oxygen atoms in total. The number of aromatic nitrogens is 1. The highest BCUT2D eigenvalue weighted by atomic mass is 79.9. The Hall–Kier alpha value is -3.77. The van der Waals surface area contributed by atoms with Crippen LogP contribution in [-0.2, 0) is 37.1 Å². The van der Waals surface area contributed by atoms with Crippen molar-refractivity contribution in [1.29, 1.82) is 0 Å². The third-order valence-electron chi connectivity index (χ3n) is 7.48. The van der Waals surface area contributed by atoms with Crippen molar-refractivity contribution < 1.29 is 36.0 Å². The molecule has 4 aromatic rings. The van der Waals surface area contributed by atoms with Crippen LogP contribution in [-0.4, -0.2) is 36.0 Å². The van der Waals surface area contributed by atoms with Crippen LogP contribution in [0.15, 0.2) is 92.0 Å². The molecule has 46 heavy (non-hydrogen) atoms. The van der Waals surface area contributed by atoms with Gasteiger partial charge in [-0.1, -0.05) is 63.3 Å². The van der Waals surface area contributed by atoms with Crippen LogP contribution in [0.4, 0.5) is 24.5 Å². The molecule has 238 valence electrons. The highest BCUT2D eigenvalue weighted by Gasteiger charge is 2.57. The minimum Gasteiger partial charge on any atom is -0.325 e. The SMILES string of the molecule is NS(=O)(=O)c1ccc(NC(=O)Cn2c3c(sc2=O)[C@H](c2cccc(Br)c2)C2C(=O)N(c4ccccc4C(F)(F)F)C(=O)C2S3)cc1. The molecule has 0 radical (unpaired) electrons. The minimum atomic E-state index is -4.84. The van der Waals surface area contributed by atoms with E-state index >= 15 is 0 Å². The molecule has 0 aliphatic carbocycles. The van der Waals surface area contributed by atoms with Gasteiger partial charge < -0.3 is 5.32 Å². The van der Waals surface area contributed by atoms with Gasteiger partial charge in [-0.3, -0.25) is 23.7 Å². The Kier molecular flexibility index (Phi) is 8.25. The number of hydrogen-bond donors (Lipinski definition) is 2. The lowest BCUT2D eigenvalue weighted by Crippen LogP contribution is -2.33. The number of anilines is 2. The van der Waals surface area contributed by atoms with E-state index in [1.54, 1.807) is 24.3 Å². The number of thioether (sulfide) groups is 1. The number of rotatable bonds is 6. The molecule has 3 amide bonds. The predicted molar refractivity (Wildman–Crippen MR) is 168 cm³/mol. The maximum atomic E-state index is 14.0. The van der Waals surface area contributed by atoms with Crippen LogP contribution in [0.1, 0.15) is 21.9 Å². The molecular formula is C29H20BrF3N4O6S3. The maximum Gasteiger partial charge on any atom is 0.418 e. The van der Waals surface area contributed by atoms with Gasteiger partial charge in [-0.15, -0.1) is 0 Å². The summed E-state index contributed by atoms with van der Waals surface area (Å²) in [7, 11) is -3.96. The maximum absolute atomic E-state index is 14.0. The highest BCUT2D eigenvalue weighted by molar-refractivity contribution is 9.10. The third kappa shape index (κ3) is 5.81. The summed E-state index contributed by atoms with van der Waals surface area (Å²) in [6.07, 6.45) is -4.84. The lowest BCUT2D eigenvalue weighted by Gasteiger charge is -2.30. The van der Waals surface area contributed by atoms with Gasteiger partial charge in [-0.2, -0.15) is 13.2 Å². The van der Waals surface area contributed by atoms with Crippen LogP contribution in [0.25, 0.3) is 0 Å². The lowest BCUT2D eigenvalue weighted by atomic mass is 9.83. The number of primary sulfonamides is 1. The topological polar surface area (TPSA) is 149 Å². The molecule has 2 aliphatic heterocycles. The molecule has 0 spiro atoms. The predicted octanol–water partition coefficient (Wildman–Crippen LogP) is 4.77. The van der Waals surface area contributed by atoms with Gasteiger partial charge in [0.25, 0.3) is 0 Å². The Morgan fingerprint density at radius 3 is 2.33 bits per heavy atom. The average molecular weight is 754 g/mol. The molecule has 3 atom stereocenters. The lowest BCUT2D eigenvalue weighted by molar-refractivity contribution is -0.137. The number of para-hydroxylation sites is 1. The molecule has 1 aromatic heterocycles. The van der Waals surface area contributed by atoms with E-state index in [1.165, 1.54) is 36.4 Å². The monoisotopic (exact) mass is 752 g/mol. The van der Waals surface area contributed by atoms with Crippen LogP contribution in [0.5, 0.6) is 0 Å². The first kappa shape index (κ1) is 32.2. The Morgan fingerprint density at radius 1 is 0.978 bits per heavy atom. The number of carbonyl (C=O) groups excluding carboxylic acids is 3. The molecule has 1 fully saturated rings. The summed E-state index contributed by atoms with van der Waals surface area (Å²) >= 11 is 5.04. The van der Waals surface area contributed by atoms with Gasteiger partial charge in [-0.25, -0.2) is 18.5 Å². The van der Waals surface area contributed by atoms with E-state index in [-0.39, 0.29) is 15.6 Å². The van der Waals surface area contributed by atoms with Crippen molar-refractivity contribution in [2.75, 3.05) is 10.2 Å². The van der Waals surface area contributed by atoms with Crippen molar-refractivity contribution in [3.63, 3.8) is 0 Å². The van der Waals surface area contributed by atoms with Gasteiger partial charge >= 0.3 is 11.0 Å². The molecule has 2 unspecified atom stereocenters. The number of benzene rings is 3. The number of nitrogens with two attached hydrogens (primary N) is 1. The summed E-state index contributed by atoms with van der Waals surface area (Å²) in [5, 5.41) is 6.73. The van der Waals surface area contributed by atoms with Crippen molar-refractivity contribution in [2.45, 2.75) is 33.8 Å². The number of sulfonamides is 1. The molecule has 3 aromatic carbocycles. The fourth-order valence-electron chi connectivity index (χ4n) is 5.53. The number of hydrogen-bond acceptors (Lipinski definition) is 8. The Balaban J connectivity index is 1.39. The van der Waals surface area contributed by atoms with Crippen molar-refractivity contribution in [3.05, 3.63) is 103 Å². The first-order valence-electron chi connectivity index (χ1n) is 13.3. The van der Waals surface area contributed by atoms with Gasteiger partial charge in [0.05, 0.1) is 27.1 Å². The summed E-state index contributed by atoms with van der Waals surface area (Å²) in [5.41, 5.74) is -0.947. The number of carbonyl (C=O) groups is 3. The molecule has 3 N–H and O–H groups in total. The van der Waals surface area contributed by atoms with E-state index in [0.29, 0.717) is 19.8 Å².